The molecule has 2 aromatic rings. The Labute approximate surface area is 167 Å². The van der Waals surface area contributed by atoms with Crippen molar-refractivity contribution in [3.8, 4) is 5.88 Å². The highest BCUT2D eigenvalue weighted by Crippen LogP contribution is 2.31. The molecule has 2 aliphatic rings. The van der Waals surface area contributed by atoms with Crippen LogP contribution >= 0.6 is 0 Å². The van der Waals surface area contributed by atoms with E-state index >= 15 is 0 Å². The van der Waals surface area contributed by atoms with E-state index in [-0.39, 0.29) is 18.0 Å². The van der Waals surface area contributed by atoms with Gasteiger partial charge in [0.25, 0.3) is 0 Å². The zero-order valence-electron chi connectivity index (χ0n) is 15.8. The number of halogens is 3. The Hall–Kier alpha value is -2.80. The van der Waals surface area contributed by atoms with Crippen LogP contribution in [-0.2, 0) is 6.18 Å². The lowest BCUT2D eigenvalue weighted by molar-refractivity contribution is -0.137. The summed E-state index contributed by atoms with van der Waals surface area (Å²) in [5, 5.41) is 0. The predicted molar refractivity (Wildman–Crippen MR) is 105 cm³/mol. The van der Waals surface area contributed by atoms with E-state index in [1.54, 1.807) is 0 Å². The molecule has 2 heterocycles. The van der Waals surface area contributed by atoms with Gasteiger partial charge in [0.1, 0.15) is 6.10 Å². The maximum Gasteiger partial charge on any atom is 0.417 e. The summed E-state index contributed by atoms with van der Waals surface area (Å²) in [5.41, 5.74) is 8.67. The molecule has 1 fully saturated rings. The second-order valence-corrected chi connectivity index (χ2v) is 7.33. The van der Waals surface area contributed by atoms with Crippen LogP contribution in [0.4, 0.5) is 13.2 Å². The summed E-state index contributed by atoms with van der Waals surface area (Å²) in [5.74, 6) is 0.211. The number of hydrogen-bond acceptors (Lipinski definition) is 4. The smallest absolute Gasteiger partial charge is 0.417 e. The molecule has 1 aliphatic carbocycles. The molecule has 1 saturated heterocycles. The van der Waals surface area contributed by atoms with E-state index in [1.165, 1.54) is 6.07 Å². The summed E-state index contributed by atoms with van der Waals surface area (Å²) in [7, 11) is 0. The second kappa shape index (κ2) is 7.91. The van der Waals surface area contributed by atoms with Gasteiger partial charge in [0, 0.05) is 31.0 Å². The molecule has 1 aromatic carbocycles. The molecule has 0 bridgehead atoms. The van der Waals surface area contributed by atoms with E-state index < -0.39 is 11.7 Å². The van der Waals surface area contributed by atoms with Crippen LogP contribution in [0.2, 0.25) is 0 Å². The second-order valence-electron chi connectivity index (χ2n) is 7.33. The van der Waals surface area contributed by atoms with Crippen LogP contribution in [0.1, 0.15) is 24.0 Å². The SMILES string of the molecule is NC1=CC(c2ccccc2)=CCC1N1CC[C@H](Oc2ccc(C(F)(F)F)cn2)C1. The largest absolute Gasteiger partial charge is 0.473 e. The highest BCUT2D eigenvalue weighted by atomic mass is 19.4. The average Bonchev–Trinajstić information content (AvgIpc) is 3.16. The predicted octanol–water partition coefficient (Wildman–Crippen LogP) is 4.25. The van der Waals surface area contributed by atoms with E-state index in [4.69, 9.17) is 10.5 Å². The minimum absolute atomic E-state index is 0.108. The van der Waals surface area contributed by atoms with Gasteiger partial charge in [0.15, 0.2) is 0 Å². The van der Waals surface area contributed by atoms with Crippen molar-refractivity contribution in [1.29, 1.82) is 0 Å². The normalized spacial score (nSPS) is 22.9. The maximum atomic E-state index is 12.6. The van der Waals surface area contributed by atoms with Crippen LogP contribution in [-0.4, -0.2) is 35.1 Å². The number of alkyl halides is 3. The lowest BCUT2D eigenvalue weighted by Crippen LogP contribution is -2.39. The van der Waals surface area contributed by atoms with Crippen molar-refractivity contribution in [2.45, 2.75) is 31.2 Å². The average molecular weight is 401 g/mol. The summed E-state index contributed by atoms with van der Waals surface area (Å²) in [6, 6.07) is 12.5. The summed E-state index contributed by atoms with van der Waals surface area (Å²) >= 11 is 0. The number of aromatic nitrogens is 1. The Balaban J connectivity index is 1.36. The molecule has 1 aromatic heterocycles. The Bertz CT molecular complexity index is 907. The van der Waals surface area contributed by atoms with Gasteiger partial charge in [-0.25, -0.2) is 4.98 Å². The molecule has 0 spiro atoms. The summed E-state index contributed by atoms with van der Waals surface area (Å²) < 4.78 is 43.7. The maximum absolute atomic E-state index is 12.6. The van der Waals surface area contributed by atoms with Crippen molar-refractivity contribution in [2.24, 2.45) is 5.73 Å². The molecular formula is C22H22F3N3O. The third kappa shape index (κ3) is 4.45. The number of ether oxygens (including phenoxy) is 1. The molecule has 2 atom stereocenters. The number of hydrogen-bond donors (Lipinski definition) is 1. The van der Waals surface area contributed by atoms with E-state index in [0.717, 1.165) is 48.5 Å². The molecule has 0 saturated carbocycles. The standard InChI is InChI=1S/C22H22F3N3O/c23-22(24,25)17-7-9-21(27-13-17)29-18-10-11-28(14-18)20-8-6-16(12-19(20)26)15-4-2-1-3-5-15/h1-7,9,12-13,18,20H,8,10-11,14,26H2/t18-,20?/m0/s1. The fourth-order valence-corrected chi connectivity index (χ4v) is 3.82. The number of nitrogens with two attached hydrogens (primary N) is 1. The number of rotatable bonds is 4. The molecule has 0 radical (unpaired) electrons. The molecule has 29 heavy (non-hydrogen) atoms. The first kappa shape index (κ1) is 19.5. The molecule has 2 N–H and O–H groups in total. The minimum Gasteiger partial charge on any atom is -0.473 e. The molecule has 1 unspecified atom stereocenters. The van der Waals surface area contributed by atoms with Gasteiger partial charge >= 0.3 is 6.18 Å². The van der Waals surface area contributed by atoms with Crippen molar-refractivity contribution in [2.75, 3.05) is 13.1 Å². The summed E-state index contributed by atoms with van der Waals surface area (Å²) in [6.07, 6.45) is 2.11. The minimum atomic E-state index is -4.40. The van der Waals surface area contributed by atoms with Crippen LogP contribution in [0.5, 0.6) is 5.88 Å². The summed E-state index contributed by atoms with van der Waals surface area (Å²) in [6.45, 7) is 1.48. The molecule has 0 amide bonds. The Morgan fingerprint density at radius 2 is 1.90 bits per heavy atom. The van der Waals surface area contributed by atoms with Gasteiger partial charge in [-0.05, 0) is 36.1 Å². The fraction of sp³-hybridized carbons (Fsp3) is 0.318. The Morgan fingerprint density at radius 3 is 2.55 bits per heavy atom. The third-order valence-electron chi connectivity index (χ3n) is 5.34. The monoisotopic (exact) mass is 401 g/mol. The van der Waals surface area contributed by atoms with Gasteiger partial charge in [-0.15, -0.1) is 0 Å². The first-order valence-electron chi connectivity index (χ1n) is 9.57. The van der Waals surface area contributed by atoms with Gasteiger partial charge in [0.05, 0.1) is 11.6 Å². The number of benzene rings is 1. The van der Waals surface area contributed by atoms with Gasteiger partial charge in [-0.3, -0.25) is 4.90 Å². The summed E-state index contributed by atoms with van der Waals surface area (Å²) in [4.78, 5) is 6.06. The molecule has 7 heteroatoms. The highest BCUT2D eigenvalue weighted by Gasteiger charge is 2.33. The van der Waals surface area contributed by atoms with Crippen molar-refractivity contribution in [3.63, 3.8) is 0 Å². The van der Waals surface area contributed by atoms with E-state index in [0.29, 0.717) is 6.54 Å². The lowest BCUT2D eigenvalue weighted by Gasteiger charge is -2.30. The van der Waals surface area contributed by atoms with Crippen LogP contribution in [0, 0.1) is 0 Å². The fourth-order valence-electron chi connectivity index (χ4n) is 3.82. The van der Waals surface area contributed by atoms with Crippen molar-refractivity contribution in [1.82, 2.24) is 9.88 Å². The van der Waals surface area contributed by atoms with Crippen molar-refractivity contribution in [3.05, 3.63) is 77.6 Å². The van der Waals surface area contributed by atoms with Gasteiger partial charge in [-0.1, -0.05) is 36.4 Å². The van der Waals surface area contributed by atoms with Gasteiger partial charge in [0.2, 0.25) is 5.88 Å². The zero-order valence-corrected chi connectivity index (χ0v) is 15.8. The van der Waals surface area contributed by atoms with Crippen LogP contribution < -0.4 is 10.5 Å². The molecule has 4 rings (SSSR count). The van der Waals surface area contributed by atoms with E-state index in [2.05, 4.69) is 28.1 Å². The van der Waals surface area contributed by atoms with Gasteiger partial charge < -0.3 is 10.5 Å². The van der Waals surface area contributed by atoms with Crippen LogP contribution in [0.3, 0.4) is 0 Å². The number of allylic oxidation sites excluding steroid dienone is 2. The van der Waals surface area contributed by atoms with E-state index in [1.807, 2.05) is 24.3 Å². The number of likely N-dealkylation sites (tertiary alicyclic amines) is 1. The Kier molecular flexibility index (Phi) is 5.32. The zero-order chi connectivity index (χ0) is 20.4. The van der Waals surface area contributed by atoms with E-state index in [9.17, 15) is 13.2 Å². The number of pyridine rings is 1. The Morgan fingerprint density at radius 1 is 1.10 bits per heavy atom. The van der Waals surface area contributed by atoms with Crippen LogP contribution in [0.25, 0.3) is 5.57 Å². The molecular weight excluding hydrogens is 379 g/mol. The van der Waals surface area contributed by atoms with Crippen molar-refractivity contribution < 1.29 is 17.9 Å². The quantitative estimate of drug-likeness (QED) is 0.832. The van der Waals surface area contributed by atoms with Crippen molar-refractivity contribution >= 4 is 5.57 Å². The molecule has 152 valence electrons. The molecule has 4 nitrogen and oxygen atoms in total. The lowest BCUT2D eigenvalue weighted by atomic mass is 9.94. The number of nitrogens with zero attached hydrogens (tertiary/aromatic N) is 2. The first-order chi connectivity index (χ1) is 13.9. The van der Waals surface area contributed by atoms with Gasteiger partial charge in [-0.2, -0.15) is 13.2 Å². The third-order valence-corrected chi connectivity index (χ3v) is 5.34. The highest BCUT2D eigenvalue weighted by molar-refractivity contribution is 5.75. The molecule has 1 aliphatic heterocycles. The van der Waals surface area contributed by atoms with Crippen LogP contribution in [0.15, 0.2) is 66.5 Å². The first-order valence-corrected chi connectivity index (χ1v) is 9.57. The topological polar surface area (TPSA) is 51.4 Å².